The second-order valence-electron chi connectivity index (χ2n) is 4.61. The molecule has 2 aromatic heterocycles. The van der Waals surface area contributed by atoms with Crippen molar-refractivity contribution < 1.29 is 14.6 Å². The number of benzene rings is 1. The first-order valence-corrected chi connectivity index (χ1v) is 7.76. The molecule has 2 heterocycles. The Labute approximate surface area is 157 Å². The summed E-state index contributed by atoms with van der Waals surface area (Å²) in [5, 5.41) is 9.99. The zero-order chi connectivity index (χ0) is 18.7. The third-order valence-corrected chi connectivity index (χ3v) is 3.38. The standard InChI is InChI=1S/C14H11Cl2N7O3/c1-25-13-20-12(21-14(22-13)26-2)23(7-5-3-4-6-8(7)24)11-18-9(15)17-10(16)19-11/h3-6,24H,1-2H3. The van der Waals surface area contributed by atoms with E-state index in [4.69, 9.17) is 32.7 Å². The Balaban J connectivity index is 2.26. The predicted molar refractivity (Wildman–Crippen MR) is 92.7 cm³/mol. The van der Waals surface area contributed by atoms with Crippen molar-refractivity contribution in [1.29, 1.82) is 0 Å². The molecule has 0 aliphatic heterocycles. The molecule has 0 fully saturated rings. The van der Waals surface area contributed by atoms with Crippen LogP contribution in [0.2, 0.25) is 10.6 Å². The smallest absolute Gasteiger partial charge is 0.324 e. The molecule has 26 heavy (non-hydrogen) atoms. The first-order valence-electron chi connectivity index (χ1n) is 7.01. The number of aromatic hydroxyl groups is 1. The molecule has 10 nitrogen and oxygen atoms in total. The Morgan fingerprint density at radius 1 is 0.808 bits per heavy atom. The van der Waals surface area contributed by atoms with Gasteiger partial charge in [-0.3, -0.25) is 0 Å². The summed E-state index contributed by atoms with van der Waals surface area (Å²) in [4.78, 5) is 25.3. The molecular weight excluding hydrogens is 385 g/mol. The van der Waals surface area contributed by atoms with Crippen LogP contribution in [0.1, 0.15) is 0 Å². The number of aromatic nitrogens is 6. The Kier molecular flexibility index (Phi) is 5.14. The quantitative estimate of drug-likeness (QED) is 0.689. The van der Waals surface area contributed by atoms with Gasteiger partial charge in [0.1, 0.15) is 5.75 Å². The summed E-state index contributed by atoms with van der Waals surface area (Å²) in [7, 11) is 2.78. The van der Waals surface area contributed by atoms with Gasteiger partial charge in [0.25, 0.3) is 0 Å². The highest BCUT2D eigenvalue weighted by molar-refractivity contribution is 6.31. The van der Waals surface area contributed by atoms with Gasteiger partial charge in [-0.2, -0.15) is 24.9 Å². The van der Waals surface area contributed by atoms with E-state index in [0.29, 0.717) is 0 Å². The number of halogens is 2. The topological polar surface area (TPSA) is 119 Å². The van der Waals surface area contributed by atoms with Gasteiger partial charge in [-0.1, -0.05) is 12.1 Å². The molecule has 0 spiro atoms. The number of anilines is 3. The summed E-state index contributed by atoms with van der Waals surface area (Å²) in [6, 6.07) is 6.39. The number of nitrogens with zero attached hydrogens (tertiary/aromatic N) is 7. The molecule has 0 aliphatic rings. The average Bonchev–Trinajstić information content (AvgIpc) is 2.62. The van der Waals surface area contributed by atoms with Crippen molar-refractivity contribution >= 4 is 40.8 Å². The molecule has 0 aliphatic carbocycles. The molecule has 0 unspecified atom stereocenters. The molecule has 12 heteroatoms. The number of hydrogen-bond donors (Lipinski definition) is 1. The summed E-state index contributed by atoms with van der Waals surface area (Å²) >= 11 is 11.8. The maximum Gasteiger partial charge on any atom is 0.324 e. The summed E-state index contributed by atoms with van der Waals surface area (Å²) in [6.07, 6.45) is 0. The second-order valence-corrected chi connectivity index (χ2v) is 5.28. The Morgan fingerprint density at radius 3 is 1.88 bits per heavy atom. The molecule has 1 aromatic carbocycles. The molecule has 3 aromatic rings. The Hall–Kier alpha value is -2.98. The molecule has 134 valence electrons. The fourth-order valence-corrected chi connectivity index (χ4v) is 2.34. The van der Waals surface area contributed by atoms with E-state index in [1.54, 1.807) is 18.2 Å². The highest BCUT2D eigenvalue weighted by atomic mass is 35.5. The molecule has 0 bridgehead atoms. The van der Waals surface area contributed by atoms with Gasteiger partial charge >= 0.3 is 12.0 Å². The van der Waals surface area contributed by atoms with E-state index < -0.39 is 0 Å². The van der Waals surface area contributed by atoms with Crippen molar-refractivity contribution in [3.05, 3.63) is 34.8 Å². The maximum atomic E-state index is 10.3. The number of methoxy groups -OCH3 is 2. The second kappa shape index (κ2) is 7.50. The van der Waals surface area contributed by atoms with Crippen molar-refractivity contribution in [2.45, 2.75) is 0 Å². The van der Waals surface area contributed by atoms with Crippen molar-refractivity contribution in [3.8, 4) is 17.8 Å². The molecule has 0 saturated heterocycles. The largest absolute Gasteiger partial charge is 0.506 e. The van der Waals surface area contributed by atoms with Crippen molar-refractivity contribution in [2.75, 3.05) is 19.1 Å². The first kappa shape index (κ1) is 17.8. The Bertz CT molecular complexity index is 902. The zero-order valence-electron chi connectivity index (χ0n) is 13.5. The number of rotatable bonds is 5. The Morgan fingerprint density at radius 2 is 1.35 bits per heavy atom. The lowest BCUT2D eigenvalue weighted by atomic mass is 10.2. The molecule has 3 rings (SSSR count). The van der Waals surface area contributed by atoms with Gasteiger partial charge < -0.3 is 14.6 Å². The van der Waals surface area contributed by atoms with Gasteiger partial charge in [0, 0.05) is 0 Å². The molecule has 0 radical (unpaired) electrons. The molecular formula is C14H11Cl2N7O3. The van der Waals surface area contributed by atoms with Gasteiger partial charge in [-0.05, 0) is 35.3 Å². The van der Waals surface area contributed by atoms with Gasteiger partial charge in [0.05, 0.1) is 19.9 Å². The van der Waals surface area contributed by atoms with E-state index in [0.717, 1.165) is 0 Å². The lowest BCUT2D eigenvalue weighted by Crippen LogP contribution is -2.18. The zero-order valence-corrected chi connectivity index (χ0v) is 15.0. The van der Waals surface area contributed by atoms with E-state index in [1.165, 1.54) is 25.2 Å². The van der Waals surface area contributed by atoms with Crippen LogP contribution in [0.25, 0.3) is 0 Å². The first-order chi connectivity index (χ1) is 12.5. The fourth-order valence-electron chi connectivity index (χ4n) is 1.98. The SMILES string of the molecule is COc1nc(OC)nc(N(c2nc(Cl)nc(Cl)n2)c2ccccc2O)n1. The summed E-state index contributed by atoms with van der Waals surface area (Å²) in [6.45, 7) is 0. The highest BCUT2D eigenvalue weighted by Crippen LogP contribution is 2.37. The summed E-state index contributed by atoms with van der Waals surface area (Å²) in [5.41, 5.74) is 0.265. The average molecular weight is 396 g/mol. The number of hydrogen-bond acceptors (Lipinski definition) is 10. The van der Waals surface area contributed by atoms with Crippen molar-refractivity contribution in [2.24, 2.45) is 0 Å². The molecule has 1 N–H and O–H groups in total. The molecule has 0 saturated carbocycles. The third-order valence-electron chi connectivity index (χ3n) is 3.04. The van der Waals surface area contributed by atoms with E-state index in [2.05, 4.69) is 29.9 Å². The normalized spacial score (nSPS) is 10.5. The fraction of sp³-hybridized carbons (Fsp3) is 0.143. The van der Waals surface area contributed by atoms with Crippen LogP contribution in [0.15, 0.2) is 24.3 Å². The highest BCUT2D eigenvalue weighted by Gasteiger charge is 2.24. The van der Waals surface area contributed by atoms with Crippen LogP contribution in [0.4, 0.5) is 17.6 Å². The van der Waals surface area contributed by atoms with Gasteiger partial charge in [-0.25, -0.2) is 4.90 Å². The van der Waals surface area contributed by atoms with Crippen LogP contribution in [-0.2, 0) is 0 Å². The minimum Gasteiger partial charge on any atom is -0.506 e. The minimum atomic E-state index is -0.145. The molecule has 0 atom stereocenters. The third kappa shape index (κ3) is 3.65. The predicted octanol–water partition coefficient (Wildman–Crippen LogP) is 2.56. The van der Waals surface area contributed by atoms with E-state index >= 15 is 0 Å². The van der Waals surface area contributed by atoms with Crippen LogP contribution in [0, 0.1) is 0 Å². The van der Waals surface area contributed by atoms with E-state index in [9.17, 15) is 5.11 Å². The molecule has 0 amide bonds. The van der Waals surface area contributed by atoms with E-state index in [-0.39, 0.29) is 45.9 Å². The van der Waals surface area contributed by atoms with Crippen molar-refractivity contribution in [3.63, 3.8) is 0 Å². The lowest BCUT2D eigenvalue weighted by Gasteiger charge is -2.21. The van der Waals surface area contributed by atoms with Gasteiger partial charge in [0.2, 0.25) is 22.5 Å². The van der Waals surface area contributed by atoms with Crippen LogP contribution < -0.4 is 14.4 Å². The lowest BCUT2D eigenvalue weighted by molar-refractivity contribution is 0.340. The maximum absolute atomic E-state index is 10.3. The van der Waals surface area contributed by atoms with Crippen LogP contribution in [0.3, 0.4) is 0 Å². The monoisotopic (exact) mass is 395 g/mol. The van der Waals surface area contributed by atoms with Crippen molar-refractivity contribution in [1.82, 2.24) is 29.9 Å². The number of phenols is 1. The van der Waals surface area contributed by atoms with Crippen LogP contribution in [0.5, 0.6) is 17.8 Å². The van der Waals surface area contributed by atoms with E-state index in [1.807, 2.05) is 0 Å². The minimum absolute atomic E-state index is 0.00790. The van der Waals surface area contributed by atoms with Gasteiger partial charge in [-0.15, -0.1) is 4.98 Å². The van der Waals surface area contributed by atoms with Crippen LogP contribution >= 0.6 is 23.2 Å². The number of para-hydroxylation sites is 2. The number of ether oxygens (including phenoxy) is 2. The summed E-state index contributed by atoms with van der Waals surface area (Å²) < 4.78 is 10.1. The summed E-state index contributed by atoms with van der Waals surface area (Å²) in [5.74, 6) is -0.0983. The van der Waals surface area contributed by atoms with Gasteiger partial charge in [0.15, 0.2) is 0 Å². The van der Waals surface area contributed by atoms with Crippen LogP contribution in [-0.4, -0.2) is 49.2 Å². The number of phenolic OH excluding ortho intramolecular Hbond substituents is 1.